The Morgan fingerprint density at radius 3 is 2.73 bits per heavy atom. The lowest BCUT2D eigenvalue weighted by Crippen LogP contribution is -2.55. The first-order chi connectivity index (χ1) is 7.29. The Bertz CT molecular complexity index is 293. The van der Waals surface area contributed by atoms with Gasteiger partial charge in [-0.05, 0) is 29.8 Å². The number of hydrogen-bond donors (Lipinski definition) is 1. The molecule has 0 saturated heterocycles. The van der Waals surface area contributed by atoms with E-state index in [1.165, 1.54) is 6.42 Å². The number of thiophene rings is 1. The maximum Gasteiger partial charge on any atom is 0.0133 e. The average molecular weight is 223 g/mol. The zero-order valence-corrected chi connectivity index (χ0v) is 10.7. The van der Waals surface area contributed by atoms with Crippen molar-refractivity contribution in [1.29, 1.82) is 0 Å². The molecule has 2 heteroatoms. The van der Waals surface area contributed by atoms with E-state index in [9.17, 15) is 0 Å². The summed E-state index contributed by atoms with van der Waals surface area (Å²) in [6.45, 7) is 8.02. The van der Waals surface area contributed by atoms with Crippen molar-refractivity contribution < 1.29 is 0 Å². The summed E-state index contributed by atoms with van der Waals surface area (Å²) in [4.78, 5) is 1.59. The highest BCUT2D eigenvalue weighted by molar-refractivity contribution is 7.10. The van der Waals surface area contributed by atoms with Crippen LogP contribution in [0, 0.1) is 11.8 Å². The highest BCUT2D eigenvalue weighted by Crippen LogP contribution is 2.50. The molecule has 15 heavy (non-hydrogen) atoms. The molecule has 1 fully saturated rings. The van der Waals surface area contributed by atoms with Crippen molar-refractivity contribution in [2.45, 2.75) is 39.2 Å². The molecular formula is C13H21NS. The van der Waals surface area contributed by atoms with Gasteiger partial charge in [0.25, 0.3) is 0 Å². The molecule has 0 amide bonds. The lowest BCUT2D eigenvalue weighted by atomic mass is 9.60. The number of rotatable bonds is 4. The second-order valence-corrected chi connectivity index (χ2v) is 5.54. The molecular weight excluding hydrogens is 202 g/mol. The van der Waals surface area contributed by atoms with Gasteiger partial charge in [-0.1, -0.05) is 33.3 Å². The van der Waals surface area contributed by atoms with Crippen LogP contribution in [-0.4, -0.2) is 12.6 Å². The average Bonchev–Trinajstić information content (AvgIpc) is 2.74. The molecule has 0 bridgehead atoms. The van der Waals surface area contributed by atoms with Gasteiger partial charge in [0.1, 0.15) is 0 Å². The summed E-state index contributed by atoms with van der Waals surface area (Å²) in [7, 11) is 0. The molecule has 4 unspecified atom stereocenters. The van der Waals surface area contributed by atoms with Crippen molar-refractivity contribution in [3.63, 3.8) is 0 Å². The van der Waals surface area contributed by atoms with Crippen LogP contribution in [0.5, 0.6) is 0 Å². The highest BCUT2D eigenvalue weighted by Gasteiger charge is 2.46. The summed E-state index contributed by atoms with van der Waals surface area (Å²) in [6.07, 6.45) is 1.30. The summed E-state index contributed by atoms with van der Waals surface area (Å²) in [5.41, 5.74) is 0. The smallest absolute Gasteiger partial charge is 0.0133 e. The summed E-state index contributed by atoms with van der Waals surface area (Å²) < 4.78 is 0. The van der Waals surface area contributed by atoms with E-state index in [1.807, 2.05) is 11.3 Å². The van der Waals surface area contributed by atoms with Gasteiger partial charge in [-0.25, -0.2) is 0 Å². The highest BCUT2D eigenvalue weighted by atomic mass is 32.1. The molecule has 2 rings (SSSR count). The van der Waals surface area contributed by atoms with E-state index in [0.717, 1.165) is 30.3 Å². The lowest BCUT2D eigenvalue weighted by molar-refractivity contribution is 0.0822. The van der Waals surface area contributed by atoms with E-state index in [-0.39, 0.29) is 0 Å². The molecule has 0 aliphatic heterocycles. The molecule has 0 radical (unpaired) electrons. The standard InChI is InChI=1S/C13H21NS/c1-4-10-12(11-7-6-8-15-11)9(3)13(10)14-5-2/h6-10,12-14H,4-5H2,1-3H3. The first-order valence-electron chi connectivity index (χ1n) is 6.06. The number of nitrogens with one attached hydrogen (secondary N) is 1. The fraction of sp³-hybridized carbons (Fsp3) is 0.692. The molecule has 1 saturated carbocycles. The van der Waals surface area contributed by atoms with Gasteiger partial charge in [0.05, 0.1) is 0 Å². The molecule has 1 aliphatic carbocycles. The van der Waals surface area contributed by atoms with Crippen molar-refractivity contribution in [2.24, 2.45) is 11.8 Å². The summed E-state index contributed by atoms with van der Waals surface area (Å²) >= 11 is 1.92. The topological polar surface area (TPSA) is 12.0 Å². The molecule has 4 atom stereocenters. The molecule has 1 heterocycles. The molecule has 1 aromatic rings. The van der Waals surface area contributed by atoms with E-state index in [0.29, 0.717) is 0 Å². The Kier molecular flexibility index (Phi) is 3.47. The third-order valence-corrected chi connectivity index (χ3v) is 4.81. The largest absolute Gasteiger partial charge is 0.314 e. The van der Waals surface area contributed by atoms with E-state index >= 15 is 0 Å². The predicted molar refractivity (Wildman–Crippen MR) is 67.5 cm³/mol. The Morgan fingerprint density at radius 2 is 2.20 bits per heavy atom. The van der Waals surface area contributed by atoms with Gasteiger partial charge in [0.15, 0.2) is 0 Å². The van der Waals surface area contributed by atoms with Crippen LogP contribution in [0.1, 0.15) is 38.0 Å². The van der Waals surface area contributed by atoms with Crippen molar-refractivity contribution in [3.05, 3.63) is 22.4 Å². The molecule has 1 aliphatic rings. The quantitative estimate of drug-likeness (QED) is 0.824. The van der Waals surface area contributed by atoms with E-state index in [2.05, 4.69) is 43.6 Å². The zero-order valence-electron chi connectivity index (χ0n) is 9.86. The van der Waals surface area contributed by atoms with Crippen LogP contribution in [0.25, 0.3) is 0 Å². The van der Waals surface area contributed by atoms with Crippen LogP contribution in [-0.2, 0) is 0 Å². The Labute approximate surface area is 96.9 Å². The third-order valence-electron chi connectivity index (χ3n) is 3.84. The Hall–Kier alpha value is -0.340. The molecule has 0 aromatic carbocycles. The minimum Gasteiger partial charge on any atom is -0.314 e. The monoisotopic (exact) mass is 223 g/mol. The Morgan fingerprint density at radius 1 is 1.40 bits per heavy atom. The fourth-order valence-corrected chi connectivity index (χ4v) is 4.13. The van der Waals surface area contributed by atoms with Crippen molar-refractivity contribution in [3.8, 4) is 0 Å². The third kappa shape index (κ3) is 1.85. The van der Waals surface area contributed by atoms with Crippen molar-refractivity contribution in [2.75, 3.05) is 6.54 Å². The van der Waals surface area contributed by atoms with E-state index in [4.69, 9.17) is 0 Å². The maximum absolute atomic E-state index is 3.63. The van der Waals surface area contributed by atoms with Gasteiger partial charge in [0, 0.05) is 16.8 Å². The van der Waals surface area contributed by atoms with Crippen LogP contribution < -0.4 is 5.32 Å². The van der Waals surface area contributed by atoms with Crippen LogP contribution in [0.15, 0.2) is 17.5 Å². The van der Waals surface area contributed by atoms with Gasteiger partial charge in [-0.2, -0.15) is 0 Å². The van der Waals surface area contributed by atoms with Crippen molar-refractivity contribution in [1.82, 2.24) is 5.32 Å². The minimum atomic E-state index is 0.743. The molecule has 0 spiro atoms. The molecule has 84 valence electrons. The van der Waals surface area contributed by atoms with Gasteiger partial charge < -0.3 is 5.32 Å². The van der Waals surface area contributed by atoms with Crippen molar-refractivity contribution >= 4 is 11.3 Å². The first kappa shape index (κ1) is 11.2. The van der Waals surface area contributed by atoms with Crippen LogP contribution in [0.4, 0.5) is 0 Å². The SMILES string of the molecule is CCNC1C(C)C(c2cccs2)C1CC. The first-order valence-corrected chi connectivity index (χ1v) is 6.94. The van der Waals surface area contributed by atoms with E-state index in [1.54, 1.807) is 4.88 Å². The van der Waals surface area contributed by atoms with E-state index < -0.39 is 0 Å². The summed E-state index contributed by atoms with van der Waals surface area (Å²) in [5, 5.41) is 5.83. The van der Waals surface area contributed by atoms with Crippen LogP contribution in [0.2, 0.25) is 0 Å². The fourth-order valence-electron chi connectivity index (χ4n) is 3.11. The maximum atomic E-state index is 3.63. The predicted octanol–water partition coefficient (Wildman–Crippen LogP) is 3.49. The normalized spacial score (nSPS) is 35.1. The summed E-state index contributed by atoms with van der Waals surface area (Å²) in [6, 6.07) is 5.23. The zero-order chi connectivity index (χ0) is 10.8. The lowest BCUT2D eigenvalue weighted by Gasteiger charge is -2.51. The van der Waals surface area contributed by atoms with Crippen LogP contribution in [0.3, 0.4) is 0 Å². The van der Waals surface area contributed by atoms with Gasteiger partial charge in [0.2, 0.25) is 0 Å². The summed E-state index contributed by atoms with van der Waals surface area (Å²) in [5.74, 6) is 2.45. The molecule has 1 aromatic heterocycles. The number of hydrogen-bond acceptors (Lipinski definition) is 2. The molecule has 1 nitrogen and oxygen atoms in total. The van der Waals surface area contributed by atoms with Crippen LogP contribution >= 0.6 is 11.3 Å². The molecule has 1 N–H and O–H groups in total. The minimum absolute atomic E-state index is 0.743. The van der Waals surface area contributed by atoms with Gasteiger partial charge in [-0.15, -0.1) is 11.3 Å². The second kappa shape index (κ2) is 4.67. The van der Waals surface area contributed by atoms with Gasteiger partial charge in [-0.3, -0.25) is 0 Å². The van der Waals surface area contributed by atoms with Gasteiger partial charge >= 0.3 is 0 Å². The second-order valence-electron chi connectivity index (χ2n) is 4.56. The Balaban J connectivity index is 2.08.